The van der Waals surface area contributed by atoms with E-state index in [0.29, 0.717) is 16.5 Å². The first-order chi connectivity index (χ1) is 15.5. The van der Waals surface area contributed by atoms with Crippen molar-refractivity contribution in [2.75, 3.05) is 37.6 Å². The van der Waals surface area contributed by atoms with Crippen LogP contribution in [0.2, 0.25) is 0 Å². The quantitative estimate of drug-likeness (QED) is 0.375. The molecule has 0 radical (unpaired) electrons. The highest BCUT2D eigenvalue weighted by Gasteiger charge is 2.20. The molecule has 2 aromatic carbocycles. The molecule has 4 rings (SSSR count). The first kappa shape index (κ1) is 21.2. The highest BCUT2D eigenvalue weighted by molar-refractivity contribution is 5.92. The third kappa shape index (κ3) is 4.22. The van der Waals surface area contributed by atoms with Crippen LogP contribution in [0, 0.1) is 21.4 Å². The summed E-state index contributed by atoms with van der Waals surface area (Å²) in [6, 6.07) is 13.6. The van der Waals surface area contributed by atoms with Crippen LogP contribution in [0.4, 0.5) is 11.4 Å². The van der Waals surface area contributed by atoms with Gasteiger partial charge in [0.15, 0.2) is 5.82 Å². The fraction of sp³-hybridized carbons (Fsp3) is 0.261. The molecule has 9 nitrogen and oxygen atoms in total. The largest absolute Gasteiger partial charge is 0.368 e. The van der Waals surface area contributed by atoms with E-state index in [9.17, 15) is 20.2 Å². The molecule has 2 heterocycles. The summed E-state index contributed by atoms with van der Waals surface area (Å²) < 4.78 is 0. The van der Waals surface area contributed by atoms with Crippen molar-refractivity contribution in [1.29, 1.82) is 5.26 Å². The standard InChI is InChI=1S/C23H22N6O3/c1-2-27-9-11-28(12-10-27)21-8-7-18(29(31)32)14-16(21)13-17(15-24)22-25-20-6-4-3-5-19(20)23(30)26-22/h3-8,13-14H,2,9-12H2,1H3,(H,25,26,30). The Morgan fingerprint density at radius 1 is 1.25 bits per heavy atom. The van der Waals surface area contributed by atoms with Gasteiger partial charge in [0.2, 0.25) is 0 Å². The summed E-state index contributed by atoms with van der Waals surface area (Å²) in [5.41, 5.74) is 1.54. The third-order valence-electron chi connectivity index (χ3n) is 5.67. The number of aromatic amines is 1. The Kier molecular flexibility index (Phi) is 5.96. The summed E-state index contributed by atoms with van der Waals surface area (Å²) in [5, 5.41) is 21.6. The van der Waals surface area contributed by atoms with Gasteiger partial charge < -0.3 is 14.8 Å². The molecule has 0 aliphatic carbocycles. The van der Waals surface area contributed by atoms with Gasteiger partial charge in [-0.25, -0.2) is 4.98 Å². The van der Waals surface area contributed by atoms with Crippen molar-refractivity contribution in [3.63, 3.8) is 0 Å². The number of hydrogen-bond donors (Lipinski definition) is 1. The Morgan fingerprint density at radius 3 is 2.69 bits per heavy atom. The Morgan fingerprint density at radius 2 is 2.00 bits per heavy atom. The number of nitrogens with zero attached hydrogens (tertiary/aromatic N) is 5. The van der Waals surface area contributed by atoms with Crippen LogP contribution < -0.4 is 10.5 Å². The lowest BCUT2D eigenvalue weighted by Crippen LogP contribution is -2.46. The van der Waals surface area contributed by atoms with Gasteiger partial charge in [-0.1, -0.05) is 19.1 Å². The van der Waals surface area contributed by atoms with Crippen molar-refractivity contribution in [3.05, 3.63) is 74.3 Å². The fourth-order valence-corrected chi connectivity index (χ4v) is 3.89. The molecule has 0 saturated carbocycles. The molecule has 1 aromatic heterocycles. The van der Waals surface area contributed by atoms with E-state index >= 15 is 0 Å². The average Bonchev–Trinajstić information content (AvgIpc) is 2.82. The zero-order valence-electron chi connectivity index (χ0n) is 17.6. The van der Waals surface area contributed by atoms with E-state index in [1.165, 1.54) is 12.1 Å². The van der Waals surface area contributed by atoms with Gasteiger partial charge in [-0.2, -0.15) is 5.26 Å². The maximum atomic E-state index is 12.5. The number of aromatic nitrogens is 2. The molecule has 32 heavy (non-hydrogen) atoms. The summed E-state index contributed by atoms with van der Waals surface area (Å²) in [4.78, 5) is 35.0. The molecule has 1 saturated heterocycles. The van der Waals surface area contributed by atoms with Crippen molar-refractivity contribution in [3.8, 4) is 6.07 Å². The SMILES string of the molecule is CCN1CCN(c2ccc([N+](=O)[O-])cc2C=C(C#N)c2nc3ccccc3c(=O)[nH]2)CC1. The smallest absolute Gasteiger partial charge is 0.270 e. The molecule has 1 fully saturated rings. The number of benzene rings is 2. The predicted molar refractivity (Wildman–Crippen MR) is 123 cm³/mol. The van der Waals surface area contributed by atoms with Gasteiger partial charge >= 0.3 is 0 Å². The Labute approximate surface area is 184 Å². The monoisotopic (exact) mass is 430 g/mol. The molecule has 0 spiro atoms. The summed E-state index contributed by atoms with van der Waals surface area (Å²) >= 11 is 0. The van der Waals surface area contributed by atoms with Gasteiger partial charge in [0.1, 0.15) is 6.07 Å². The lowest BCUT2D eigenvalue weighted by Gasteiger charge is -2.36. The number of anilines is 1. The van der Waals surface area contributed by atoms with Crippen LogP contribution in [0.15, 0.2) is 47.3 Å². The number of likely N-dealkylation sites (N-methyl/N-ethyl adjacent to an activating group) is 1. The van der Waals surface area contributed by atoms with Crippen molar-refractivity contribution >= 4 is 33.9 Å². The summed E-state index contributed by atoms with van der Waals surface area (Å²) in [6.07, 6.45) is 1.56. The Bertz CT molecular complexity index is 1300. The lowest BCUT2D eigenvalue weighted by molar-refractivity contribution is -0.384. The molecule has 0 atom stereocenters. The number of hydrogen-bond acceptors (Lipinski definition) is 7. The number of fused-ring (bicyclic) bond motifs is 1. The summed E-state index contributed by atoms with van der Waals surface area (Å²) in [7, 11) is 0. The van der Waals surface area contributed by atoms with Crippen molar-refractivity contribution in [2.45, 2.75) is 6.92 Å². The van der Waals surface area contributed by atoms with Crippen LogP contribution in [-0.4, -0.2) is 52.5 Å². The molecule has 1 aliphatic heterocycles. The van der Waals surface area contributed by atoms with Crippen LogP contribution in [0.1, 0.15) is 18.3 Å². The van der Waals surface area contributed by atoms with Crippen molar-refractivity contribution in [2.24, 2.45) is 0 Å². The molecule has 1 N–H and O–H groups in total. The zero-order chi connectivity index (χ0) is 22.7. The van der Waals surface area contributed by atoms with Crippen LogP contribution in [0.25, 0.3) is 22.6 Å². The number of nitriles is 1. The minimum Gasteiger partial charge on any atom is -0.368 e. The minimum atomic E-state index is -0.460. The molecule has 3 aromatic rings. The molecule has 9 heteroatoms. The van der Waals surface area contributed by atoms with Crippen molar-refractivity contribution in [1.82, 2.24) is 14.9 Å². The van der Waals surface area contributed by atoms with E-state index in [4.69, 9.17) is 0 Å². The lowest BCUT2D eigenvalue weighted by atomic mass is 10.1. The minimum absolute atomic E-state index is 0.0653. The zero-order valence-corrected chi connectivity index (χ0v) is 17.6. The maximum Gasteiger partial charge on any atom is 0.270 e. The number of piperazine rings is 1. The highest BCUT2D eigenvalue weighted by Crippen LogP contribution is 2.30. The second kappa shape index (κ2) is 8.99. The third-order valence-corrected chi connectivity index (χ3v) is 5.67. The number of nitro groups is 1. The Hall–Kier alpha value is -4.03. The number of para-hydroxylation sites is 1. The van der Waals surface area contributed by atoms with Crippen LogP contribution in [0.3, 0.4) is 0 Å². The first-order valence-electron chi connectivity index (χ1n) is 10.4. The molecular weight excluding hydrogens is 408 g/mol. The highest BCUT2D eigenvalue weighted by atomic mass is 16.6. The van der Waals surface area contributed by atoms with Gasteiger partial charge in [0.25, 0.3) is 11.2 Å². The predicted octanol–water partition coefficient (Wildman–Crippen LogP) is 3.04. The van der Waals surface area contributed by atoms with Gasteiger partial charge in [-0.15, -0.1) is 0 Å². The second-order valence-electron chi connectivity index (χ2n) is 7.52. The van der Waals surface area contributed by atoms with E-state index in [2.05, 4.69) is 32.8 Å². The molecule has 0 unspecified atom stereocenters. The van der Waals surface area contributed by atoms with Crippen LogP contribution in [-0.2, 0) is 0 Å². The molecule has 0 amide bonds. The summed E-state index contributed by atoms with van der Waals surface area (Å²) in [5.74, 6) is 0.129. The second-order valence-corrected chi connectivity index (χ2v) is 7.52. The number of non-ortho nitro benzene ring substituents is 1. The van der Waals surface area contributed by atoms with Crippen molar-refractivity contribution < 1.29 is 4.92 Å². The van der Waals surface area contributed by atoms with E-state index in [-0.39, 0.29) is 22.6 Å². The number of nitrogens with one attached hydrogen (secondary N) is 1. The maximum absolute atomic E-state index is 12.5. The number of nitro benzene ring substituents is 1. The van der Waals surface area contributed by atoms with E-state index in [1.807, 2.05) is 0 Å². The van der Waals surface area contributed by atoms with Crippen LogP contribution in [0.5, 0.6) is 0 Å². The fourth-order valence-electron chi connectivity index (χ4n) is 3.89. The summed E-state index contributed by atoms with van der Waals surface area (Å²) in [6.45, 7) is 6.42. The molecule has 1 aliphatic rings. The van der Waals surface area contributed by atoms with Gasteiger partial charge in [0.05, 0.1) is 21.4 Å². The molecule has 162 valence electrons. The van der Waals surface area contributed by atoms with Gasteiger partial charge in [-0.05, 0) is 30.8 Å². The molecular formula is C23H22N6O3. The van der Waals surface area contributed by atoms with Gasteiger partial charge in [0, 0.05) is 49.6 Å². The topological polar surface area (TPSA) is 119 Å². The molecule has 0 bridgehead atoms. The normalized spacial score (nSPS) is 15.0. The number of rotatable bonds is 5. The Balaban J connectivity index is 1.80. The number of allylic oxidation sites excluding steroid dienone is 1. The van der Waals surface area contributed by atoms with Crippen LogP contribution >= 0.6 is 0 Å². The van der Waals surface area contributed by atoms with E-state index < -0.39 is 4.92 Å². The van der Waals surface area contributed by atoms with E-state index in [1.54, 1.807) is 36.4 Å². The average molecular weight is 430 g/mol. The number of H-pyrrole nitrogens is 1. The van der Waals surface area contributed by atoms with Gasteiger partial charge in [-0.3, -0.25) is 14.9 Å². The first-order valence-corrected chi connectivity index (χ1v) is 10.4. The van der Waals surface area contributed by atoms with E-state index in [0.717, 1.165) is 38.4 Å².